The summed E-state index contributed by atoms with van der Waals surface area (Å²) in [7, 11) is -4.04. The quantitative estimate of drug-likeness (QED) is 0.380. The Hall–Kier alpha value is -2.52. The van der Waals surface area contributed by atoms with Gasteiger partial charge in [-0.2, -0.15) is 4.72 Å². The molecule has 0 spiro atoms. The topological polar surface area (TPSA) is 84.5 Å². The van der Waals surface area contributed by atoms with Crippen molar-refractivity contribution >= 4 is 45.0 Å². The number of halogens is 1. The summed E-state index contributed by atoms with van der Waals surface area (Å²) in [5.41, 5.74) is 1.41. The predicted octanol–water partition coefficient (Wildman–Crippen LogP) is 4.99. The van der Waals surface area contributed by atoms with Gasteiger partial charge in [0.1, 0.15) is 11.8 Å². The van der Waals surface area contributed by atoms with Gasteiger partial charge in [-0.1, -0.05) is 48.0 Å². The number of rotatable bonds is 10. The van der Waals surface area contributed by atoms with Crippen molar-refractivity contribution in [2.75, 3.05) is 18.2 Å². The third kappa shape index (κ3) is 6.98. The SMILES string of the molecule is CCOc1ccc(S(=O)(=O)N[C@@H](Cc2ccccc2)C(=O)Nc2cccc(SC)c2)cc1Cl. The van der Waals surface area contributed by atoms with Crippen molar-refractivity contribution in [2.24, 2.45) is 0 Å². The van der Waals surface area contributed by atoms with E-state index in [0.29, 0.717) is 18.0 Å². The van der Waals surface area contributed by atoms with Crippen LogP contribution in [-0.4, -0.2) is 33.2 Å². The van der Waals surface area contributed by atoms with Gasteiger partial charge in [0.05, 0.1) is 16.5 Å². The Bertz CT molecular complexity index is 1200. The van der Waals surface area contributed by atoms with Crippen LogP contribution in [0.2, 0.25) is 5.02 Å². The lowest BCUT2D eigenvalue weighted by Gasteiger charge is -2.19. The first-order valence-electron chi connectivity index (χ1n) is 10.3. The summed E-state index contributed by atoms with van der Waals surface area (Å²) in [5.74, 6) is -0.0666. The molecule has 2 N–H and O–H groups in total. The molecule has 0 aliphatic carbocycles. The Kier molecular flexibility index (Phi) is 8.80. The van der Waals surface area contributed by atoms with E-state index in [1.165, 1.54) is 18.2 Å². The van der Waals surface area contributed by atoms with Crippen molar-refractivity contribution in [2.45, 2.75) is 29.2 Å². The van der Waals surface area contributed by atoms with Crippen LogP contribution >= 0.6 is 23.4 Å². The molecule has 0 aromatic heterocycles. The fourth-order valence-electron chi connectivity index (χ4n) is 3.14. The van der Waals surface area contributed by atoms with Crippen LogP contribution in [0.4, 0.5) is 5.69 Å². The van der Waals surface area contributed by atoms with E-state index in [0.717, 1.165) is 10.5 Å². The van der Waals surface area contributed by atoms with Gasteiger partial charge in [0.15, 0.2) is 0 Å². The molecule has 0 heterocycles. The summed E-state index contributed by atoms with van der Waals surface area (Å²) in [6, 6.07) is 19.8. The number of amides is 1. The highest BCUT2D eigenvalue weighted by Gasteiger charge is 2.27. The van der Waals surface area contributed by atoms with E-state index >= 15 is 0 Å². The highest BCUT2D eigenvalue weighted by Crippen LogP contribution is 2.27. The van der Waals surface area contributed by atoms with Crippen LogP contribution < -0.4 is 14.8 Å². The van der Waals surface area contributed by atoms with Crippen LogP contribution in [0.25, 0.3) is 0 Å². The maximum absolute atomic E-state index is 13.1. The lowest BCUT2D eigenvalue weighted by Crippen LogP contribution is -2.45. The Morgan fingerprint density at radius 2 is 1.82 bits per heavy atom. The van der Waals surface area contributed by atoms with Crippen molar-refractivity contribution in [3.8, 4) is 5.75 Å². The van der Waals surface area contributed by atoms with Crippen molar-refractivity contribution in [1.82, 2.24) is 4.72 Å². The first-order chi connectivity index (χ1) is 15.8. The lowest BCUT2D eigenvalue weighted by atomic mass is 10.1. The second kappa shape index (κ2) is 11.6. The molecule has 174 valence electrons. The number of hydrogen-bond acceptors (Lipinski definition) is 5. The molecule has 0 saturated heterocycles. The fourth-order valence-corrected chi connectivity index (χ4v) is 5.12. The molecular weight excluding hydrogens is 480 g/mol. The van der Waals surface area contributed by atoms with Gasteiger partial charge >= 0.3 is 0 Å². The zero-order valence-electron chi connectivity index (χ0n) is 18.2. The number of anilines is 1. The average Bonchev–Trinajstić information content (AvgIpc) is 2.80. The Morgan fingerprint density at radius 1 is 1.06 bits per heavy atom. The first-order valence-corrected chi connectivity index (χ1v) is 13.3. The number of sulfonamides is 1. The molecule has 0 saturated carbocycles. The number of ether oxygens (including phenoxy) is 1. The van der Waals surface area contributed by atoms with Gasteiger partial charge in [0.25, 0.3) is 0 Å². The minimum atomic E-state index is -4.04. The van der Waals surface area contributed by atoms with Gasteiger partial charge in [-0.15, -0.1) is 11.8 Å². The monoisotopic (exact) mass is 504 g/mol. The van der Waals surface area contributed by atoms with Gasteiger partial charge in [-0.05, 0) is 61.6 Å². The van der Waals surface area contributed by atoms with E-state index in [1.807, 2.05) is 61.7 Å². The second-order valence-corrected chi connectivity index (χ2v) is 10.1. The molecule has 0 bridgehead atoms. The van der Waals surface area contributed by atoms with E-state index in [2.05, 4.69) is 10.0 Å². The molecule has 3 rings (SSSR count). The van der Waals surface area contributed by atoms with Gasteiger partial charge in [0, 0.05) is 10.6 Å². The number of carbonyl (C=O) groups excluding carboxylic acids is 1. The number of hydrogen-bond donors (Lipinski definition) is 2. The van der Waals surface area contributed by atoms with Gasteiger partial charge in [0.2, 0.25) is 15.9 Å². The average molecular weight is 505 g/mol. The van der Waals surface area contributed by atoms with Crippen molar-refractivity contribution in [1.29, 1.82) is 0 Å². The minimum absolute atomic E-state index is 0.0498. The van der Waals surface area contributed by atoms with Gasteiger partial charge < -0.3 is 10.1 Å². The zero-order chi connectivity index (χ0) is 23.8. The summed E-state index contributed by atoms with van der Waals surface area (Å²) in [6.45, 7) is 2.21. The minimum Gasteiger partial charge on any atom is -0.492 e. The van der Waals surface area contributed by atoms with E-state index < -0.39 is 22.0 Å². The van der Waals surface area contributed by atoms with Crippen molar-refractivity contribution in [3.05, 3.63) is 83.4 Å². The maximum Gasteiger partial charge on any atom is 0.242 e. The molecule has 1 atom stereocenters. The van der Waals surface area contributed by atoms with E-state index in [9.17, 15) is 13.2 Å². The van der Waals surface area contributed by atoms with Crippen LogP contribution in [0.5, 0.6) is 5.75 Å². The third-order valence-electron chi connectivity index (χ3n) is 4.75. The van der Waals surface area contributed by atoms with Crippen LogP contribution in [-0.2, 0) is 21.2 Å². The highest BCUT2D eigenvalue weighted by atomic mass is 35.5. The largest absolute Gasteiger partial charge is 0.492 e. The molecule has 0 fully saturated rings. The summed E-state index contributed by atoms with van der Waals surface area (Å²) in [6.07, 6.45) is 2.12. The smallest absolute Gasteiger partial charge is 0.242 e. The van der Waals surface area contributed by atoms with Crippen LogP contribution in [0.1, 0.15) is 12.5 Å². The van der Waals surface area contributed by atoms with E-state index in [1.54, 1.807) is 17.8 Å². The normalized spacial score (nSPS) is 12.2. The Labute approximate surface area is 203 Å². The number of thioether (sulfide) groups is 1. The molecule has 3 aromatic rings. The molecule has 1 amide bonds. The molecule has 33 heavy (non-hydrogen) atoms. The molecule has 0 aliphatic heterocycles. The molecule has 3 aromatic carbocycles. The van der Waals surface area contributed by atoms with Crippen LogP contribution in [0, 0.1) is 0 Å². The molecular formula is C24H25ClN2O4S2. The van der Waals surface area contributed by atoms with Crippen LogP contribution in [0.15, 0.2) is 82.6 Å². The molecule has 0 aliphatic rings. The summed E-state index contributed by atoms with van der Waals surface area (Å²) >= 11 is 7.73. The molecule has 6 nitrogen and oxygen atoms in total. The summed E-state index contributed by atoms with van der Waals surface area (Å²) in [5, 5.41) is 3.00. The highest BCUT2D eigenvalue weighted by molar-refractivity contribution is 7.98. The lowest BCUT2D eigenvalue weighted by molar-refractivity contribution is -0.117. The van der Waals surface area contributed by atoms with Crippen molar-refractivity contribution < 1.29 is 17.9 Å². The third-order valence-corrected chi connectivity index (χ3v) is 7.24. The summed E-state index contributed by atoms with van der Waals surface area (Å²) < 4.78 is 34.2. The molecule has 0 unspecified atom stereocenters. The first kappa shape index (κ1) is 25.1. The standard InChI is InChI=1S/C24H25ClN2O4S2/c1-3-31-23-13-12-20(16-21(23)25)33(29,30)27-22(14-17-8-5-4-6-9-17)24(28)26-18-10-7-11-19(15-18)32-2/h4-13,15-16,22,27H,3,14H2,1-2H3,(H,26,28)/t22-/m0/s1. The van der Waals surface area contributed by atoms with Gasteiger partial charge in [-0.3, -0.25) is 4.79 Å². The maximum atomic E-state index is 13.1. The molecule has 9 heteroatoms. The van der Waals surface area contributed by atoms with Crippen molar-refractivity contribution in [3.63, 3.8) is 0 Å². The number of carbonyl (C=O) groups is 1. The van der Waals surface area contributed by atoms with Gasteiger partial charge in [-0.25, -0.2) is 8.42 Å². The Morgan fingerprint density at radius 3 is 2.48 bits per heavy atom. The summed E-state index contributed by atoms with van der Waals surface area (Å²) in [4.78, 5) is 14.1. The second-order valence-electron chi connectivity index (χ2n) is 7.11. The Balaban J connectivity index is 1.87. The fraction of sp³-hybridized carbons (Fsp3) is 0.208. The molecule has 0 radical (unpaired) electrons. The van der Waals surface area contributed by atoms with E-state index in [4.69, 9.17) is 16.3 Å². The predicted molar refractivity (Wildman–Crippen MR) is 134 cm³/mol. The number of nitrogens with one attached hydrogen (secondary N) is 2. The van der Waals surface area contributed by atoms with E-state index in [-0.39, 0.29) is 16.3 Å². The van der Waals surface area contributed by atoms with Crippen LogP contribution in [0.3, 0.4) is 0 Å². The number of benzene rings is 3. The zero-order valence-corrected chi connectivity index (χ0v) is 20.6.